The summed E-state index contributed by atoms with van der Waals surface area (Å²) in [5.74, 6) is -2.24. The summed E-state index contributed by atoms with van der Waals surface area (Å²) in [7, 11) is 4.75. The Morgan fingerprint density at radius 3 is 2.04 bits per heavy atom. The van der Waals surface area contributed by atoms with Crippen molar-refractivity contribution in [1.82, 2.24) is 4.90 Å². The van der Waals surface area contributed by atoms with Crippen molar-refractivity contribution < 1.29 is 33.2 Å². The minimum Gasteiger partial charge on any atom is -0.444 e. The van der Waals surface area contributed by atoms with E-state index in [2.05, 4.69) is 0 Å². The van der Waals surface area contributed by atoms with E-state index in [0.717, 1.165) is 12.8 Å². The van der Waals surface area contributed by atoms with Crippen LogP contribution in [0.2, 0.25) is 0 Å². The van der Waals surface area contributed by atoms with E-state index < -0.39 is 28.8 Å². The Morgan fingerprint density at radius 2 is 1.59 bits per heavy atom. The highest BCUT2D eigenvalue weighted by molar-refractivity contribution is 5.70. The third kappa shape index (κ3) is 3.25. The van der Waals surface area contributed by atoms with E-state index in [9.17, 15) is 4.79 Å². The van der Waals surface area contributed by atoms with E-state index in [1.807, 2.05) is 20.8 Å². The number of carbonyl (C=O) groups excluding carboxylic acids is 1. The smallest absolute Gasteiger partial charge is 0.410 e. The lowest BCUT2D eigenvalue weighted by Gasteiger charge is -2.58. The molecule has 3 fully saturated rings. The summed E-state index contributed by atoms with van der Waals surface area (Å²) in [4.78, 5) is 14.7. The zero-order chi connectivity index (χ0) is 20.3. The molecule has 156 valence electrons. The highest BCUT2D eigenvalue weighted by atomic mass is 16.8. The van der Waals surface area contributed by atoms with Crippen molar-refractivity contribution in [2.75, 3.05) is 27.9 Å². The molecule has 8 heteroatoms. The molecule has 1 spiro atoms. The standard InChI is InChI=1S/C19H33NO7/c1-16(2,3)27-15(21)20-11-12-13(14(22-6)19(20)9-10-19)26-18(5,24-8)17(4,23-7)25-12/h12-14H,9-11H2,1-8H3/t12-,13+,14-,17+,18+/m1/s1. The largest absolute Gasteiger partial charge is 0.444 e. The van der Waals surface area contributed by atoms with Gasteiger partial charge < -0.3 is 28.4 Å². The number of piperidine rings is 1. The molecule has 0 bridgehead atoms. The van der Waals surface area contributed by atoms with Crippen LogP contribution in [-0.2, 0) is 28.4 Å². The number of nitrogens with zero attached hydrogens (tertiary/aromatic N) is 1. The van der Waals surface area contributed by atoms with Gasteiger partial charge in [0.25, 0.3) is 0 Å². The lowest BCUT2D eigenvalue weighted by atomic mass is 9.89. The molecule has 3 rings (SSSR count). The molecule has 1 saturated carbocycles. The fourth-order valence-corrected chi connectivity index (χ4v) is 4.20. The molecule has 1 aliphatic carbocycles. The number of amides is 1. The minimum absolute atomic E-state index is 0.345. The van der Waals surface area contributed by atoms with Crippen LogP contribution >= 0.6 is 0 Å². The summed E-state index contributed by atoms with van der Waals surface area (Å²) in [6.07, 6.45) is 0.152. The molecule has 1 amide bonds. The van der Waals surface area contributed by atoms with Crippen LogP contribution < -0.4 is 0 Å². The summed E-state index contributed by atoms with van der Waals surface area (Å²) < 4.78 is 35.4. The number of likely N-dealkylation sites (tertiary alicyclic amines) is 1. The second-order valence-corrected chi connectivity index (χ2v) is 8.89. The van der Waals surface area contributed by atoms with Gasteiger partial charge in [0.15, 0.2) is 0 Å². The summed E-state index contributed by atoms with van der Waals surface area (Å²) in [5, 5.41) is 0. The van der Waals surface area contributed by atoms with Gasteiger partial charge in [-0.2, -0.15) is 0 Å². The number of ether oxygens (including phenoxy) is 6. The molecule has 5 atom stereocenters. The molecule has 8 nitrogen and oxygen atoms in total. The van der Waals surface area contributed by atoms with Gasteiger partial charge in [-0.15, -0.1) is 0 Å². The Balaban J connectivity index is 1.92. The second kappa shape index (κ2) is 6.56. The van der Waals surface area contributed by atoms with Crippen molar-refractivity contribution in [2.24, 2.45) is 0 Å². The van der Waals surface area contributed by atoms with Gasteiger partial charge in [-0.1, -0.05) is 0 Å². The van der Waals surface area contributed by atoms with Gasteiger partial charge in [0.05, 0.1) is 12.1 Å². The number of hydrogen-bond donors (Lipinski definition) is 0. The lowest BCUT2D eigenvalue weighted by Crippen LogP contribution is -2.74. The molecule has 2 aliphatic heterocycles. The monoisotopic (exact) mass is 387 g/mol. The van der Waals surface area contributed by atoms with E-state index in [1.165, 1.54) is 0 Å². The first-order valence-electron chi connectivity index (χ1n) is 9.44. The predicted molar refractivity (Wildman–Crippen MR) is 96.3 cm³/mol. The Morgan fingerprint density at radius 1 is 1.04 bits per heavy atom. The van der Waals surface area contributed by atoms with E-state index in [-0.39, 0.29) is 18.3 Å². The van der Waals surface area contributed by atoms with Crippen LogP contribution in [0.15, 0.2) is 0 Å². The summed E-state index contributed by atoms with van der Waals surface area (Å²) in [6.45, 7) is 9.48. The lowest BCUT2D eigenvalue weighted by molar-refractivity contribution is -0.460. The molecule has 0 aromatic heterocycles. The first-order chi connectivity index (χ1) is 12.5. The molecule has 0 aromatic rings. The van der Waals surface area contributed by atoms with Gasteiger partial charge >= 0.3 is 6.09 Å². The predicted octanol–water partition coefficient (Wildman–Crippen LogP) is 2.29. The SMILES string of the molecule is CO[C@@H]1[C@H]2O[C@](C)(OC)[C@@](C)(OC)O[C@@H]2CN(C(=O)OC(C)(C)C)C12CC2. The highest BCUT2D eigenvalue weighted by Gasteiger charge is 2.69. The first kappa shape index (κ1) is 20.8. The maximum atomic E-state index is 12.9. The minimum atomic E-state index is -1.13. The van der Waals surface area contributed by atoms with Crippen LogP contribution in [0.4, 0.5) is 4.79 Å². The van der Waals surface area contributed by atoms with Crippen LogP contribution in [0.25, 0.3) is 0 Å². The molecule has 0 radical (unpaired) electrons. The number of carbonyl (C=O) groups is 1. The Kier molecular flexibility index (Phi) is 5.05. The third-order valence-corrected chi connectivity index (χ3v) is 6.07. The zero-order valence-electron chi connectivity index (χ0n) is 17.7. The number of fused-ring (bicyclic) bond motifs is 1. The van der Waals surface area contributed by atoms with Gasteiger partial charge in [-0.05, 0) is 47.5 Å². The molecule has 0 aromatic carbocycles. The van der Waals surface area contributed by atoms with Crippen LogP contribution in [0.3, 0.4) is 0 Å². The average Bonchev–Trinajstić information content (AvgIpc) is 3.35. The van der Waals surface area contributed by atoms with Gasteiger partial charge in [0, 0.05) is 21.3 Å². The fourth-order valence-electron chi connectivity index (χ4n) is 4.20. The molecular formula is C19H33NO7. The topological polar surface area (TPSA) is 75.7 Å². The van der Waals surface area contributed by atoms with E-state index in [4.69, 9.17) is 28.4 Å². The Bertz CT molecular complexity index is 587. The van der Waals surface area contributed by atoms with Gasteiger partial charge in [0.1, 0.15) is 23.9 Å². The van der Waals surface area contributed by atoms with E-state index in [0.29, 0.717) is 6.54 Å². The van der Waals surface area contributed by atoms with Crippen LogP contribution in [0.1, 0.15) is 47.5 Å². The maximum Gasteiger partial charge on any atom is 0.410 e. The van der Waals surface area contributed by atoms with Crippen molar-refractivity contribution in [3.8, 4) is 0 Å². The second-order valence-electron chi connectivity index (χ2n) is 8.89. The quantitative estimate of drug-likeness (QED) is 0.735. The summed E-state index contributed by atoms with van der Waals surface area (Å²) in [5.41, 5.74) is -1.01. The summed E-state index contributed by atoms with van der Waals surface area (Å²) >= 11 is 0. The summed E-state index contributed by atoms with van der Waals surface area (Å²) in [6, 6.07) is 0. The molecule has 0 unspecified atom stereocenters. The number of rotatable bonds is 3. The van der Waals surface area contributed by atoms with E-state index >= 15 is 0 Å². The zero-order valence-corrected chi connectivity index (χ0v) is 17.7. The highest BCUT2D eigenvalue weighted by Crippen LogP contribution is 2.54. The Hall–Kier alpha value is -0.930. The van der Waals surface area contributed by atoms with Crippen molar-refractivity contribution >= 4 is 6.09 Å². The number of hydrogen-bond acceptors (Lipinski definition) is 7. The fraction of sp³-hybridized carbons (Fsp3) is 0.947. The molecule has 2 heterocycles. The molecule has 2 saturated heterocycles. The number of methoxy groups -OCH3 is 3. The van der Waals surface area contributed by atoms with Crippen LogP contribution in [0.5, 0.6) is 0 Å². The molecular weight excluding hydrogens is 354 g/mol. The van der Waals surface area contributed by atoms with Gasteiger partial charge in [-0.3, -0.25) is 4.90 Å². The third-order valence-electron chi connectivity index (χ3n) is 6.07. The Labute approximate surface area is 161 Å². The molecule has 0 N–H and O–H groups in total. The van der Waals surface area contributed by atoms with Crippen molar-refractivity contribution in [3.05, 3.63) is 0 Å². The van der Waals surface area contributed by atoms with E-state index in [1.54, 1.807) is 40.1 Å². The van der Waals surface area contributed by atoms with Crippen molar-refractivity contribution in [3.63, 3.8) is 0 Å². The first-order valence-corrected chi connectivity index (χ1v) is 9.44. The average molecular weight is 387 g/mol. The maximum absolute atomic E-state index is 12.9. The normalized spacial score (nSPS) is 40.6. The van der Waals surface area contributed by atoms with Gasteiger partial charge in [-0.25, -0.2) is 4.79 Å². The molecule has 27 heavy (non-hydrogen) atoms. The van der Waals surface area contributed by atoms with Crippen molar-refractivity contribution in [1.29, 1.82) is 0 Å². The van der Waals surface area contributed by atoms with Crippen LogP contribution in [0, 0.1) is 0 Å². The van der Waals surface area contributed by atoms with Crippen molar-refractivity contribution in [2.45, 2.75) is 88.5 Å². The van der Waals surface area contributed by atoms with Gasteiger partial charge in [0.2, 0.25) is 11.6 Å². The molecule has 3 aliphatic rings. The van der Waals surface area contributed by atoms with Crippen LogP contribution in [-0.4, -0.2) is 79.9 Å².